The molecule has 1 aromatic heterocycles. The smallest absolute Gasteiger partial charge is 0.254 e. The number of ether oxygens (including phenoxy) is 1. The molecule has 0 aliphatic rings. The molecule has 8 heteroatoms. The van der Waals surface area contributed by atoms with Crippen molar-refractivity contribution in [1.82, 2.24) is 4.90 Å². The molecule has 1 amide bonds. The summed E-state index contributed by atoms with van der Waals surface area (Å²) in [6, 6.07) is 8.77. The van der Waals surface area contributed by atoms with Crippen LogP contribution in [0.3, 0.4) is 0 Å². The largest absolute Gasteiger partial charge is 0.494 e. The Morgan fingerprint density at radius 3 is 2.48 bits per heavy atom. The number of amides is 1. The second-order valence-electron chi connectivity index (χ2n) is 4.94. The highest BCUT2D eigenvalue weighted by molar-refractivity contribution is 7.91. The maximum atomic E-state index is 12.3. The van der Waals surface area contributed by atoms with E-state index in [0.29, 0.717) is 18.7 Å². The number of thiophene rings is 1. The summed E-state index contributed by atoms with van der Waals surface area (Å²) < 4.78 is 27.9. The van der Waals surface area contributed by atoms with Gasteiger partial charge in [0.05, 0.1) is 12.2 Å². The van der Waals surface area contributed by atoms with Crippen LogP contribution in [0.1, 0.15) is 22.8 Å². The Hall–Kier alpha value is -1.90. The molecule has 1 aromatic carbocycles. The van der Waals surface area contributed by atoms with E-state index < -0.39 is 10.0 Å². The minimum Gasteiger partial charge on any atom is -0.494 e. The van der Waals surface area contributed by atoms with Gasteiger partial charge in [-0.3, -0.25) is 4.79 Å². The Labute approximate surface area is 139 Å². The lowest BCUT2D eigenvalue weighted by molar-refractivity contribution is 0.0785. The van der Waals surface area contributed by atoms with E-state index in [2.05, 4.69) is 0 Å². The van der Waals surface area contributed by atoms with Gasteiger partial charge in [-0.25, -0.2) is 13.6 Å². The molecule has 6 nitrogen and oxygen atoms in total. The summed E-state index contributed by atoms with van der Waals surface area (Å²) in [6.07, 6.45) is 0. The van der Waals surface area contributed by atoms with E-state index in [1.165, 1.54) is 16.3 Å². The van der Waals surface area contributed by atoms with Crippen molar-refractivity contribution in [3.8, 4) is 5.75 Å². The van der Waals surface area contributed by atoms with Gasteiger partial charge in [0.1, 0.15) is 9.96 Å². The summed E-state index contributed by atoms with van der Waals surface area (Å²) in [5.41, 5.74) is 1.26. The summed E-state index contributed by atoms with van der Waals surface area (Å²) in [7, 11) is -2.12. The average Bonchev–Trinajstić information content (AvgIpc) is 2.98. The predicted octanol–water partition coefficient (Wildman–Crippen LogP) is 2.07. The first kappa shape index (κ1) is 17.5. The van der Waals surface area contributed by atoms with Crippen molar-refractivity contribution < 1.29 is 17.9 Å². The fraction of sp³-hybridized carbons (Fsp3) is 0.267. The Bertz CT molecular complexity index is 782. The molecule has 0 bridgehead atoms. The fourth-order valence-electron chi connectivity index (χ4n) is 2.00. The van der Waals surface area contributed by atoms with Gasteiger partial charge in [0.15, 0.2) is 0 Å². The highest BCUT2D eigenvalue weighted by Crippen LogP contribution is 2.21. The first-order valence-corrected chi connectivity index (χ1v) is 9.32. The SMILES string of the molecule is CCOc1ccc(CN(C)C(=O)c2csc(S(N)(=O)=O)c2)cc1. The molecule has 0 saturated heterocycles. The highest BCUT2D eigenvalue weighted by Gasteiger charge is 2.18. The Morgan fingerprint density at radius 2 is 1.96 bits per heavy atom. The zero-order chi connectivity index (χ0) is 17.0. The first-order chi connectivity index (χ1) is 10.8. The van der Waals surface area contributed by atoms with Gasteiger partial charge in [0, 0.05) is 19.0 Å². The zero-order valence-corrected chi connectivity index (χ0v) is 14.5. The lowest BCUT2D eigenvalue weighted by Crippen LogP contribution is -2.25. The van der Waals surface area contributed by atoms with E-state index in [1.807, 2.05) is 31.2 Å². The molecule has 2 aromatic rings. The van der Waals surface area contributed by atoms with Crippen molar-refractivity contribution in [2.45, 2.75) is 17.7 Å². The fourth-order valence-corrected chi connectivity index (χ4v) is 3.58. The molecule has 0 spiro atoms. The molecular weight excluding hydrogens is 336 g/mol. The molecule has 124 valence electrons. The molecule has 0 atom stereocenters. The number of hydrogen-bond donors (Lipinski definition) is 1. The van der Waals surface area contributed by atoms with Crippen LogP contribution in [0.2, 0.25) is 0 Å². The lowest BCUT2D eigenvalue weighted by atomic mass is 10.2. The van der Waals surface area contributed by atoms with Crippen molar-refractivity contribution in [1.29, 1.82) is 0 Å². The molecule has 0 aliphatic heterocycles. The Kier molecular flexibility index (Phi) is 5.40. The number of carbonyl (C=O) groups is 1. The lowest BCUT2D eigenvalue weighted by Gasteiger charge is -2.16. The summed E-state index contributed by atoms with van der Waals surface area (Å²) in [5.74, 6) is 0.519. The third-order valence-electron chi connectivity index (χ3n) is 3.10. The van der Waals surface area contributed by atoms with E-state index >= 15 is 0 Å². The van der Waals surface area contributed by atoms with Crippen LogP contribution in [0.15, 0.2) is 39.9 Å². The van der Waals surface area contributed by atoms with Crippen molar-refractivity contribution in [2.75, 3.05) is 13.7 Å². The van der Waals surface area contributed by atoms with Gasteiger partial charge in [0.25, 0.3) is 5.91 Å². The molecule has 0 radical (unpaired) electrons. The summed E-state index contributed by atoms with van der Waals surface area (Å²) in [6.45, 7) is 2.92. The van der Waals surface area contributed by atoms with Gasteiger partial charge in [0.2, 0.25) is 10.0 Å². The third kappa shape index (κ3) is 4.54. The predicted molar refractivity (Wildman–Crippen MR) is 89.1 cm³/mol. The number of hydrogen-bond acceptors (Lipinski definition) is 5. The molecule has 2 N–H and O–H groups in total. The number of primary sulfonamides is 1. The quantitative estimate of drug-likeness (QED) is 0.860. The molecule has 23 heavy (non-hydrogen) atoms. The second kappa shape index (κ2) is 7.12. The molecule has 0 aliphatic carbocycles. The molecule has 0 unspecified atom stereocenters. The molecule has 2 rings (SSSR count). The first-order valence-electron chi connectivity index (χ1n) is 6.90. The number of nitrogens with zero attached hydrogens (tertiary/aromatic N) is 1. The average molecular weight is 354 g/mol. The minimum atomic E-state index is -3.78. The van der Waals surface area contributed by atoms with E-state index in [4.69, 9.17) is 9.88 Å². The Morgan fingerprint density at radius 1 is 1.30 bits per heavy atom. The summed E-state index contributed by atoms with van der Waals surface area (Å²) in [5, 5.41) is 6.55. The van der Waals surface area contributed by atoms with Crippen molar-refractivity contribution in [3.05, 3.63) is 46.8 Å². The van der Waals surface area contributed by atoms with Gasteiger partial charge in [-0.05, 0) is 30.7 Å². The van der Waals surface area contributed by atoms with Crippen LogP contribution in [-0.4, -0.2) is 32.9 Å². The van der Waals surface area contributed by atoms with Crippen molar-refractivity contribution >= 4 is 27.3 Å². The van der Waals surface area contributed by atoms with E-state index in [1.54, 1.807) is 7.05 Å². The molecule has 0 fully saturated rings. The van der Waals surface area contributed by atoms with Crippen LogP contribution in [0, 0.1) is 0 Å². The molecule has 0 saturated carbocycles. The van der Waals surface area contributed by atoms with E-state index in [9.17, 15) is 13.2 Å². The van der Waals surface area contributed by atoms with Crippen LogP contribution < -0.4 is 9.88 Å². The van der Waals surface area contributed by atoms with Crippen LogP contribution in [0.4, 0.5) is 0 Å². The molecule has 1 heterocycles. The van der Waals surface area contributed by atoms with Crippen LogP contribution in [0.5, 0.6) is 5.75 Å². The van der Waals surface area contributed by atoms with E-state index in [0.717, 1.165) is 22.6 Å². The topological polar surface area (TPSA) is 89.7 Å². The van der Waals surface area contributed by atoms with Gasteiger partial charge in [-0.1, -0.05) is 12.1 Å². The number of rotatable bonds is 6. The van der Waals surface area contributed by atoms with Gasteiger partial charge >= 0.3 is 0 Å². The van der Waals surface area contributed by atoms with Crippen LogP contribution >= 0.6 is 11.3 Å². The van der Waals surface area contributed by atoms with Crippen LogP contribution in [-0.2, 0) is 16.6 Å². The maximum absolute atomic E-state index is 12.3. The maximum Gasteiger partial charge on any atom is 0.254 e. The van der Waals surface area contributed by atoms with Crippen molar-refractivity contribution in [2.24, 2.45) is 5.14 Å². The van der Waals surface area contributed by atoms with Crippen molar-refractivity contribution in [3.63, 3.8) is 0 Å². The van der Waals surface area contributed by atoms with E-state index in [-0.39, 0.29) is 10.1 Å². The monoisotopic (exact) mass is 354 g/mol. The summed E-state index contributed by atoms with van der Waals surface area (Å²) >= 11 is 0.939. The molecular formula is C15H18N2O4S2. The van der Waals surface area contributed by atoms with Gasteiger partial charge in [-0.2, -0.15) is 0 Å². The van der Waals surface area contributed by atoms with Crippen LogP contribution in [0.25, 0.3) is 0 Å². The number of benzene rings is 1. The second-order valence-corrected chi connectivity index (χ2v) is 7.64. The minimum absolute atomic E-state index is 0.0182. The summed E-state index contributed by atoms with van der Waals surface area (Å²) in [4.78, 5) is 13.8. The zero-order valence-electron chi connectivity index (χ0n) is 12.9. The Balaban J connectivity index is 2.06. The van der Waals surface area contributed by atoms with Gasteiger partial charge < -0.3 is 9.64 Å². The highest BCUT2D eigenvalue weighted by atomic mass is 32.2. The number of nitrogens with two attached hydrogens (primary N) is 1. The number of sulfonamides is 1. The third-order valence-corrected chi connectivity index (χ3v) is 5.49. The normalized spacial score (nSPS) is 11.3. The number of carbonyl (C=O) groups excluding carboxylic acids is 1. The standard InChI is InChI=1S/C15H18N2O4S2/c1-3-21-13-6-4-11(5-7-13)9-17(2)15(18)12-8-14(22-10-12)23(16,19)20/h4-8,10H,3,9H2,1-2H3,(H2,16,19,20). The van der Waals surface area contributed by atoms with Gasteiger partial charge in [-0.15, -0.1) is 11.3 Å².